The van der Waals surface area contributed by atoms with E-state index in [1.807, 2.05) is 0 Å². The highest BCUT2D eigenvalue weighted by Gasteiger charge is 2.34. The highest BCUT2D eigenvalue weighted by Crippen LogP contribution is 2.35. The van der Waals surface area contributed by atoms with Crippen LogP contribution in [-0.4, -0.2) is 5.97 Å². The van der Waals surface area contributed by atoms with Gasteiger partial charge in [-0.15, -0.1) is 0 Å². The minimum atomic E-state index is -4.66. The quantitative estimate of drug-likeness (QED) is 0.215. The second kappa shape index (κ2) is 9.03. The fourth-order valence-corrected chi connectivity index (χ4v) is 3.08. The van der Waals surface area contributed by atoms with Gasteiger partial charge in [0.25, 0.3) is 0 Å². The van der Waals surface area contributed by atoms with E-state index < -0.39 is 47.1 Å². The Morgan fingerprint density at radius 2 is 0.824 bits per heavy atom. The highest BCUT2D eigenvalue weighted by atomic mass is 19.4. The van der Waals surface area contributed by atoms with E-state index in [0.717, 1.165) is 36.4 Å². The molecule has 11 heteroatoms. The first kappa shape index (κ1) is 25.1. The third-order valence-electron chi connectivity index (χ3n) is 4.78. The van der Waals surface area contributed by atoms with E-state index >= 15 is 0 Å². The predicted molar refractivity (Wildman–Crippen MR) is 102 cm³/mol. The summed E-state index contributed by atoms with van der Waals surface area (Å²) >= 11 is 0. The Balaban J connectivity index is 1.96. The van der Waals surface area contributed by atoms with E-state index in [9.17, 15) is 44.3 Å². The van der Waals surface area contributed by atoms with Crippen LogP contribution < -0.4 is 4.74 Å². The van der Waals surface area contributed by atoms with E-state index in [2.05, 4.69) is 0 Å². The smallest absolute Gasteiger partial charge is 0.416 e. The minimum absolute atomic E-state index is 0.0235. The van der Waals surface area contributed by atoms with Gasteiger partial charge in [-0.1, -0.05) is 24.3 Å². The predicted octanol–water partition coefficient (Wildman–Crippen LogP) is 7.48. The molecule has 0 heterocycles. The van der Waals surface area contributed by atoms with Gasteiger partial charge in [-0.3, -0.25) is 4.79 Å². The van der Waals surface area contributed by atoms with Gasteiger partial charge in [0.1, 0.15) is 11.7 Å². The lowest BCUT2D eigenvalue weighted by atomic mass is 9.90. The summed E-state index contributed by atoms with van der Waals surface area (Å²) in [4.78, 5) is 12.9. The van der Waals surface area contributed by atoms with Crippen molar-refractivity contribution in [2.75, 3.05) is 0 Å². The molecule has 0 saturated heterocycles. The fraction of sp³-hybridized carbons (Fsp3) is 0.174. The minimum Gasteiger partial charge on any atom is -0.426 e. The van der Waals surface area contributed by atoms with Gasteiger partial charge in [0, 0.05) is 0 Å². The molecule has 0 fully saturated rings. The van der Waals surface area contributed by atoms with Crippen molar-refractivity contribution in [3.8, 4) is 5.75 Å². The Morgan fingerprint density at radius 1 is 0.529 bits per heavy atom. The first-order valence-corrected chi connectivity index (χ1v) is 9.39. The summed E-state index contributed by atoms with van der Waals surface area (Å²) in [6.07, 6.45) is -14.0. The van der Waals surface area contributed by atoms with Gasteiger partial charge in [0.15, 0.2) is 0 Å². The summed E-state index contributed by atoms with van der Waals surface area (Å²) < 4.78 is 121. The molecule has 0 aromatic heterocycles. The molecule has 0 saturated carbocycles. The summed E-state index contributed by atoms with van der Waals surface area (Å²) in [7, 11) is 0. The lowest BCUT2D eigenvalue weighted by Gasteiger charge is -2.19. The molecule has 0 spiro atoms. The number of ether oxygens (including phenoxy) is 1. The zero-order chi connectivity index (χ0) is 25.3. The van der Waals surface area contributed by atoms with Crippen molar-refractivity contribution >= 4 is 5.97 Å². The highest BCUT2D eigenvalue weighted by molar-refractivity contribution is 5.84. The van der Waals surface area contributed by atoms with E-state index in [-0.39, 0.29) is 16.9 Å². The lowest BCUT2D eigenvalue weighted by molar-refractivity contribution is -0.138. The largest absolute Gasteiger partial charge is 0.426 e. The molecule has 180 valence electrons. The SMILES string of the molecule is O=C(Oc1ccc(C(F)(F)F)cc1)C(c1ccc(C(F)(F)F)cc1)c1ccc(C(F)(F)F)cc1. The maximum atomic E-state index is 12.9. The monoisotopic (exact) mass is 492 g/mol. The maximum absolute atomic E-state index is 12.9. The molecule has 0 radical (unpaired) electrons. The van der Waals surface area contributed by atoms with Crippen LogP contribution in [0.4, 0.5) is 39.5 Å². The van der Waals surface area contributed by atoms with E-state index in [1.54, 1.807) is 0 Å². The van der Waals surface area contributed by atoms with Crippen molar-refractivity contribution < 1.29 is 49.0 Å². The molecule has 0 aliphatic carbocycles. The van der Waals surface area contributed by atoms with Crippen LogP contribution in [0, 0.1) is 0 Å². The molecule has 0 amide bonds. The molecular weight excluding hydrogens is 479 g/mol. The molecule has 0 aliphatic rings. The second-order valence-corrected chi connectivity index (χ2v) is 7.12. The van der Waals surface area contributed by atoms with Crippen LogP contribution in [0.25, 0.3) is 0 Å². The van der Waals surface area contributed by atoms with Crippen molar-refractivity contribution in [2.45, 2.75) is 24.4 Å². The van der Waals surface area contributed by atoms with Crippen LogP contribution in [0.15, 0.2) is 72.8 Å². The molecule has 0 N–H and O–H groups in total. The normalized spacial score (nSPS) is 12.6. The van der Waals surface area contributed by atoms with E-state index in [1.165, 1.54) is 0 Å². The van der Waals surface area contributed by atoms with Crippen molar-refractivity contribution in [1.82, 2.24) is 0 Å². The number of halogens is 9. The van der Waals surface area contributed by atoms with Crippen molar-refractivity contribution in [3.63, 3.8) is 0 Å². The number of carbonyl (C=O) groups excluding carboxylic acids is 1. The summed E-state index contributed by atoms with van der Waals surface area (Å²) in [6, 6.07) is 9.72. The van der Waals surface area contributed by atoms with Crippen LogP contribution in [0.2, 0.25) is 0 Å². The standard InChI is InChI=1S/C23H13F9O2/c24-21(25,26)15-5-1-13(2-6-15)19(14-3-7-16(8-4-14)22(27,28)29)20(33)34-18-11-9-17(10-12-18)23(30,31)32/h1-12,19H. The van der Waals surface area contributed by atoms with Crippen molar-refractivity contribution in [3.05, 3.63) is 101 Å². The third-order valence-corrected chi connectivity index (χ3v) is 4.78. The number of rotatable bonds is 4. The van der Waals surface area contributed by atoms with E-state index in [4.69, 9.17) is 4.74 Å². The number of alkyl halides is 9. The summed E-state index contributed by atoms with van der Waals surface area (Å²) in [6.45, 7) is 0. The van der Waals surface area contributed by atoms with Crippen LogP contribution >= 0.6 is 0 Å². The Hall–Kier alpha value is -3.50. The Kier molecular flexibility index (Phi) is 6.68. The van der Waals surface area contributed by atoms with Gasteiger partial charge < -0.3 is 4.74 Å². The Morgan fingerprint density at radius 3 is 1.12 bits per heavy atom. The topological polar surface area (TPSA) is 26.3 Å². The molecule has 0 atom stereocenters. The van der Waals surface area contributed by atoms with Crippen LogP contribution in [0.3, 0.4) is 0 Å². The average molecular weight is 492 g/mol. The molecule has 0 unspecified atom stereocenters. The molecule has 3 aromatic rings. The molecule has 3 aromatic carbocycles. The fourth-order valence-electron chi connectivity index (χ4n) is 3.08. The summed E-state index contributed by atoms with van der Waals surface area (Å²) in [5.74, 6) is -2.85. The zero-order valence-corrected chi connectivity index (χ0v) is 16.7. The molecule has 0 aliphatic heterocycles. The molecule has 3 rings (SSSR count). The number of hydrogen-bond donors (Lipinski definition) is 0. The zero-order valence-electron chi connectivity index (χ0n) is 16.7. The molecular formula is C23H13F9O2. The first-order valence-electron chi connectivity index (χ1n) is 9.39. The molecule has 0 bridgehead atoms. The van der Waals surface area contributed by atoms with Crippen molar-refractivity contribution in [2.24, 2.45) is 0 Å². The summed E-state index contributed by atoms with van der Waals surface area (Å²) in [5, 5.41) is 0. The van der Waals surface area contributed by atoms with Crippen LogP contribution in [0.1, 0.15) is 33.7 Å². The van der Waals surface area contributed by atoms with Gasteiger partial charge in [-0.05, 0) is 59.7 Å². The number of hydrogen-bond acceptors (Lipinski definition) is 2. The van der Waals surface area contributed by atoms with Gasteiger partial charge in [0.05, 0.1) is 16.7 Å². The Labute approximate surface area is 186 Å². The lowest BCUT2D eigenvalue weighted by Crippen LogP contribution is -2.20. The number of benzene rings is 3. The van der Waals surface area contributed by atoms with E-state index in [0.29, 0.717) is 36.4 Å². The van der Waals surface area contributed by atoms with Crippen molar-refractivity contribution in [1.29, 1.82) is 0 Å². The molecule has 2 nitrogen and oxygen atoms in total. The number of esters is 1. The van der Waals surface area contributed by atoms with Gasteiger partial charge in [-0.2, -0.15) is 39.5 Å². The maximum Gasteiger partial charge on any atom is 0.416 e. The van der Waals surface area contributed by atoms with Gasteiger partial charge in [-0.25, -0.2) is 0 Å². The number of carbonyl (C=O) groups is 1. The van der Waals surface area contributed by atoms with Crippen LogP contribution in [-0.2, 0) is 23.3 Å². The third kappa shape index (κ3) is 5.89. The first-order chi connectivity index (χ1) is 15.7. The summed E-state index contributed by atoms with van der Waals surface area (Å²) in [5.41, 5.74) is -3.08. The Bertz CT molecular complexity index is 1070. The average Bonchev–Trinajstić information content (AvgIpc) is 2.73. The van der Waals surface area contributed by atoms with Crippen LogP contribution in [0.5, 0.6) is 5.75 Å². The molecule has 34 heavy (non-hydrogen) atoms. The second-order valence-electron chi connectivity index (χ2n) is 7.12. The van der Waals surface area contributed by atoms with Gasteiger partial charge >= 0.3 is 24.5 Å². The van der Waals surface area contributed by atoms with Gasteiger partial charge in [0.2, 0.25) is 0 Å².